The molecule has 0 atom stereocenters. The molecule has 5 heavy (non-hydrogen) atoms. The number of carboxylic acid groups (broad SMARTS) is 2. The van der Waals surface area contributed by atoms with Crippen molar-refractivity contribution in [3.8, 4) is 0 Å². The normalized spacial score (nSPS) is 4.80. The summed E-state index contributed by atoms with van der Waals surface area (Å²) < 4.78 is 0. The second kappa shape index (κ2) is 4.27. The molecular formula is CH5NaO3. The molecule has 0 aromatic heterocycles. The molecule has 3 nitrogen and oxygen atoms in total. The molecule has 0 aliphatic carbocycles. The van der Waals surface area contributed by atoms with Crippen molar-refractivity contribution in [3.63, 3.8) is 0 Å². The van der Waals surface area contributed by atoms with Gasteiger partial charge in [-0.25, -0.2) is 4.79 Å². The van der Waals surface area contributed by atoms with Crippen LogP contribution in [-0.2, 0) is 0 Å². The minimum absolute atomic E-state index is 0. The SMILES string of the molecule is O=C(O)O.[HH].[NaH]. The van der Waals surface area contributed by atoms with Crippen molar-refractivity contribution in [2.24, 2.45) is 0 Å². The summed E-state index contributed by atoms with van der Waals surface area (Å²) in [5.74, 6) is 0. The van der Waals surface area contributed by atoms with E-state index in [0.29, 0.717) is 0 Å². The summed E-state index contributed by atoms with van der Waals surface area (Å²) in [7, 11) is 0. The zero-order chi connectivity index (χ0) is 3.58. The number of rotatable bonds is 0. The molecular weight excluding hydrogens is 83.0 g/mol. The topological polar surface area (TPSA) is 57.5 Å². The van der Waals surface area contributed by atoms with Gasteiger partial charge in [-0.3, -0.25) is 0 Å². The predicted molar refractivity (Wildman–Crippen MR) is 19.9 cm³/mol. The van der Waals surface area contributed by atoms with Crippen molar-refractivity contribution in [2.45, 2.75) is 0 Å². The molecule has 0 amide bonds. The van der Waals surface area contributed by atoms with E-state index in [0.717, 1.165) is 0 Å². The molecule has 0 saturated carbocycles. The Hall–Kier alpha value is 0.270. The Balaban J connectivity index is -0.0000000450. The van der Waals surface area contributed by atoms with Crippen LogP contribution in [-0.4, -0.2) is 45.9 Å². The predicted octanol–water partition coefficient (Wildman–Crippen LogP) is -0.180. The van der Waals surface area contributed by atoms with Crippen LogP contribution in [0.25, 0.3) is 0 Å². The standard InChI is InChI=1S/CH2O3.Na.H2.H/c2-1(3)4;;;/h(H2,2,3,4);;1H;. The molecule has 0 aliphatic rings. The van der Waals surface area contributed by atoms with Crippen LogP contribution in [0.3, 0.4) is 0 Å². The van der Waals surface area contributed by atoms with Gasteiger partial charge in [0.2, 0.25) is 0 Å². The first-order chi connectivity index (χ1) is 1.73. The summed E-state index contributed by atoms with van der Waals surface area (Å²) in [6, 6.07) is 0. The Morgan fingerprint density at radius 3 is 1.60 bits per heavy atom. The van der Waals surface area contributed by atoms with Crippen molar-refractivity contribution in [1.82, 2.24) is 0 Å². The maximum atomic E-state index is 8.56. The molecule has 0 unspecified atom stereocenters. The van der Waals surface area contributed by atoms with Gasteiger partial charge in [-0.05, 0) is 0 Å². The fourth-order valence-corrected chi connectivity index (χ4v) is 0. The molecule has 2 N–H and O–H groups in total. The van der Waals surface area contributed by atoms with Gasteiger partial charge in [0, 0.05) is 1.43 Å². The summed E-state index contributed by atoms with van der Waals surface area (Å²) in [6.45, 7) is 0. The minimum atomic E-state index is -1.83. The van der Waals surface area contributed by atoms with E-state index in [1.54, 1.807) is 0 Å². The first-order valence-electron chi connectivity index (χ1n) is 0.651. The van der Waals surface area contributed by atoms with E-state index >= 15 is 0 Å². The summed E-state index contributed by atoms with van der Waals surface area (Å²) in [4.78, 5) is 8.56. The third-order valence-corrected chi connectivity index (χ3v) is 0. The summed E-state index contributed by atoms with van der Waals surface area (Å²) in [6.07, 6.45) is -1.83. The van der Waals surface area contributed by atoms with E-state index in [1.807, 2.05) is 0 Å². The average Bonchev–Trinajstić information content (AvgIpc) is 0.811. The van der Waals surface area contributed by atoms with Crippen molar-refractivity contribution < 1.29 is 16.4 Å². The van der Waals surface area contributed by atoms with Gasteiger partial charge in [-0.15, -0.1) is 0 Å². The zero-order valence-electron chi connectivity index (χ0n) is 1.80. The quantitative estimate of drug-likeness (QED) is 0.404. The van der Waals surface area contributed by atoms with Gasteiger partial charge in [0.05, 0.1) is 0 Å². The monoisotopic (exact) mass is 88.0 g/mol. The van der Waals surface area contributed by atoms with E-state index in [4.69, 9.17) is 15.0 Å². The second-order valence-electron chi connectivity index (χ2n) is 0.283. The molecule has 0 heterocycles. The van der Waals surface area contributed by atoms with Crippen LogP contribution in [0.2, 0.25) is 0 Å². The van der Waals surface area contributed by atoms with Crippen LogP contribution in [0.1, 0.15) is 1.43 Å². The Labute approximate surface area is 52.4 Å². The van der Waals surface area contributed by atoms with Crippen molar-refractivity contribution in [2.75, 3.05) is 0 Å². The van der Waals surface area contributed by atoms with Gasteiger partial charge in [0.1, 0.15) is 0 Å². The van der Waals surface area contributed by atoms with Crippen LogP contribution < -0.4 is 0 Å². The third-order valence-electron chi connectivity index (χ3n) is 0. The molecule has 4 heteroatoms. The maximum absolute atomic E-state index is 8.56. The average molecular weight is 88.0 g/mol. The van der Waals surface area contributed by atoms with E-state index in [1.165, 1.54) is 0 Å². The van der Waals surface area contributed by atoms with Crippen LogP contribution in [0, 0.1) is 0 Å². The fraction of sp³-hybridized carbons (Fsp3) is 0. The fourth-order valence-electron chi connectivity index (χ4n) is 0. The van der Waals surface area contributed by atoms with Crippen molar-refractivity contribution in [3.05, 3.63) is 0 Å². The molecule has 0 bridgehead atoms. The molecule has 0 aromatic rings. The van der Waals surface area contributed by atoms with E-state index in [2.05, 4.69) is 0 Å². The van der Waals surface area contributed by atoms with Crippen molar-refractivity contribution in [1.29, 1.82) is 0 Å². The summed E-state index contributed by atoms with van der Waals surface area (Å²) in [5, 5.41) is 13.9. The van der Waals surface area contributed by atoms with Crippen LogP contribution in [0.15, 0.2) is 0 Å². The molecule has 0 fully saturated rings. The Kier molecular flexibility index (Phi) is 7.67. The summed E-state index contributed by atoms with van der Waals surface area (Å²) in [5.41, 5.74) is 0. The molecule has 0 rings (SSSR count). The molecule has 0 saturated heterocycles. The first kappa shape index (κ1) is 8.99. The molecule has 0 aromatic carbocycles. The van der Waals surface area contributed by atoms with E-state index in [9.17, 15) is 0 Å². The third kappa shape index (κ3) is 302. The first-order valence-corrected chi connectivity index (χ1v) is 0.651. The number of hydrogen-bond acceptors (Lipinski definition) is 1. The summed E-state index contributed by atoms with van der Waals surface area (Å²) >= 11 is 0. The zero-order valence-corrected chi connectivity index (χ0v) is 1.80. The van der Waals surface area contributed by atoms with Crippen molar-refractivity contribution >= 4 is 35.7 Å². The molecule has 0 spiro atoms. The molecule has 28 valence electrons. The Bertz CT molecular complexity index is 33.8. The van der Waals surface area contributed by atoms with Gasteiger partial charge in [0.25, 0.3) is 0 Å². The van der Waals surface area contributed by atoms with E-state index in [-0.39, 0.29) is 31.0 Å². The van der Waals surface area contributed by atoms with Crippen LogP contribution in [0.4, 0.5) is 4.79 Å². The second-order valence-corrected chi connectivity index (χ2v) is 0.283. The molecule has 0 radical (unpaired) electrons. The van der Waals surface area contributed by atoms with Gasteiger partial charge in [0.15, 0.2) is 0 Å². The Morgan fingerprint density at radius 2 is 1.60 bits per heavy atom. The van der Waals surface area contributed by atoms with Crippen LogP contribution in [0.5, 0.6) is 0 Å². The van der Waals surface area contributed by atoms with Crippen LogP contribution >= 0.6 is 0 Å². The van der Waals surface area contributed by atoms with Gasteiger partial charge < -0.3 is 10.2 Å². The van der Waals surface area contributed by atoms with Gasteiger partial charge in [-0.2, -0.15) is 0 Å². The number of carbonyl (C=O) groups is 1. The van der Waals surface area contributed by atoms with E-state index < -0.39 is 6.16 Å². The molecule has 0 aliphatic heterocycles. The van der Waals surface area contributed by atoms with Gasteiger partial charge >= 0.3 is 35.7 Å². The Morgan fingerprint density at radius 1 is 1.60 bits per heavy atom. The number of hydrogen-bond donors (Lipinski definition) is 2. The van der Waals surface area contributed by atoms with Gasteiger partial charge in [-0.1, -0.05) is 0 Å².